The van der Waals surface area contributed by atoms with Crippen LogP contribution < -0.4 is 5.32 Å². The molecule has 0 atom stereocenters. The molecule has 18 heavy (non-hydrogen) atoms. The SMILES string of the molecule is CNCCN(C)C(=O)c1cc(C)cc([N+](=O)[O-])c1. The molecule has 0 aliphatic carbocycles. The predicted molar refractivity (Wildman–Crippen MR) is 68.7 cm³/mol. The first-order valence-electron chi connectivity index (χ1n) is 5.62. The fraction of sp³-hybridized carbons (Fsp3) is 0.417. The van der Waals surface area contributed by atoms with Crippen molar-refractivity contribution in [2.75, 3.05) is 27.2 Å². The number of hydrogen-bond donors (Lipinski definition) is 1. The Bertz CT molecular complexity index is 460. The predicted octanol–water partition coefficient (Wildman–Crippen LogP) is 1.19. The Morgan fingerprint density at radius 3 is 2.67 bits per heavy atom. The van der Waals surface area contributed by atoms with Crippen molar-refractivity contribution in [3.8, 4) is 0 Å². The molecule has 98 valence electrons. The molecule has 1 aromatic rings. The molecule has 0 radical (unpaired) electrons. The first kappa shape index (κ1) is 14.1. The van der Waals surface area contributed by atoms with Crippen LogP contribution in [0.1, 0.15) is 15.9 Å². The third kappa shape index (κ3) is 3.53. The molecule has 0 spiro atoms. The molecule has 0 fully saturated rings. The normalized spacial score (nSPS) is 10.2. The van der Waals surface area contributed by atoms with Crippen LogP contribution in [0.5, 0.6) is 0 Å². The zero-order valence-electron chi connectivity index (χ0n) is 10.8. The van der Waals surface area contributed by atoms with E-state index in [1.165, 1.54) is 17.0 Å². The zero-order chi connectivity index (χ0) is 13.7. The first-order chi connectivity index (χ1) is 8.45. The molecular formula is C12H17N3O3. The minimum absolute atomic E-state index is 0.0552. The number of hydrogen-bond acceptors (Lipinski definition) is 4. The topological polar surface area (TPSA) is 75.5 Å². The highest BCUT2D eigenvalue weighted by atomic mass is 16.6. The molecule has 0 saturated carbocycles. The lowest BCUT2D eigenvalue weighted by atomic mass is 10.1. The van der Waals surface area contributed by atoms with E-state index in [0.717, 1.165) is 0 Å². The zero-order valence-corrected chi connectivity index (χ0v) is 10.8. The molecule has 1 rings (SSSR count). The largest absolute Gasteiger partial charge is 0.340 e. The maximum Gasteiger partial charge on any atom is 0.270 e. The van der Waals surface area contributed by atoms with Gasteiger partial charge in [-0.25, -0.2) is 0 Å². The highest BCUT2D eigenvalue weighted by molar-refractivity contribution is 5.94. The lowest BCUT2D eigenvalue weighted by molar-refractivity contribution is -0.384. The van der Waals surface area contributed by atoms with E-state index in [2.05, 4.69) is 5.32 Å². The average Bonchev–Trinajstić information content (AvgIpc) is 2.34. The Kier molecular flexibility index (Phi) is 4.79. The van der Waals surface area contributed by atoms with Crippen molar-refractivity contribution in [2.24, 2.45) is 0 Å². The number of benzene rings is 1. The van der Waals surface area contributed by atoms with E-state index >= 15 is 0 Å². The van der Waals surface area contributed by atoms with Crippen molar-refractivity contribution in [3.63, 3.8) is 0 Å². The van der Waals surface area contributed by atoms with Crippen molar-refractivity contribution in [1.82, 2.24) is 10.2 Å². The second-order valence-electron chi connectivity index (χ2n) is 4.14. The smallest absolute Gasteiger partial charge is 0.270 e. The third-order valence-electron chi connectivity index (χ3n) is 2.56. The van der Waals surface area contributed by atoms with Gasteiger partial charge in [0.15, 0.2) is 0 Å². The van der Waals surface area contributed by atoms with Gasteiger partial charge in [-0.2, -0.15) is 0 Å². The number of nitrogens with one attached hydrogen (secondary N) is 1. The highest BCUT2D eigenvalue weighted by Gasteiger charge is 2.16. The average molecular weight is 251 g/mol. The van der Waals surface area contributed by atoms with Crippen LogP contribution in [0.3, 0.4) is 0 Å². The summed E-state index contributed by atoms with van der Waals surface area (Å²) in [6.45, 7) is 2.96. The molecular weight excluding hydrogens is 234 g/mol. The van der Waals surface area contributed by atoms with E-state index in [0.29, 0.717) is 24.2 Å². The van der Waals surface area contributed by atoms with E-state index in [-0.39, 0.29) is 11.6 Å². The first-order valence-corrected chi connectivity index (χ1v) is 5.62. The number of amides is 1. The standard InChI is InChI=1S/C12H17N3O3/c1-9-6-10(8-11(7-9)15(17)18)12(16)14(3)5-4-13-2/h6-8,13H,4-5H2,1-3H3. The maximum atomic E-state index is 12.1. The van der Waals surface area contributed by atoms with Gasteiger partial charge in [-0.1, -0.05) is 0 Å². The monoisotopic (exact) mass is 251 g/mol. The Morgan fingerprint density at radius 2 is 2.11 bits per heavy atom. The van der Waals surface area contributed by atoms with Gasteiger partial charge in [0.2, 0.25) is 0 Å². The quantitative estimate of drug-likeness (QED) is 0.630. The van der Waals surface area contributed by atoms with E-state index in [1.807, 2.05) is 0 Å². The third-order valence-corrected chi connectivity index (χ3v) is 2.56. The number of nitrogens with zero attached hydrogens (tertiary/aromatic N) is 2. The number of carbonyl (C=O) groups excluding carboxylic acids is 1. The molecule has 1 amide bonds. The van der Waals surface area contributed by atoms with Crippen LogP contribution in [0.2, 0.25) is 0 Å². The number of nitro benzene ring substituents is 1. The molecule has 1 aromatic carbocycles. The van der Waals surface area contributed by atoms with Gasteiger partial charge >= 0.3 is 0 Å². The summed E-state index contributed by atoms with van der Waals surface area (Å²) < 4.78 is 0. The number of non-ortho nitro benzene ring substituents is 1. The van der Waals surface area contributed by atoms with E-state index in [9.17, 15) is 14.9 Å². The molecule has 0 aliphatic heterocycles. The summed E-state index contributed by atoms with van der Waals surface area (Å²) in [6.07, 6.45) is 0. The van der Waals surface area contributed by atoms with Crippen molar-refractivity contribution in [2.45, 2.75) is 6.92 Å². The summed E-state index contributed by atoms with van der Waals surface area (Å²) in [4.78, 5) is 23.8. The molecule has 0 unspecified atom stereocenters. The number of nitro groups is 1. The summed E-state index contributed by atoms with van der Waals surface area (Å²) >= 11 is 0. The van der Waals surface area contributed by atoms with Crippen LogP contribution in [0.15, 0.2) is 18.2 Å². The molecule has 6 heteroatoms. The van der Waals surface area contributed by atoms with Gasteiger partial charge in [-0.3, -0.25) is 14.9 Å². The highest BCUT2D eigenvalue weighted by Crippen LogP contribution is 2.17. The van der Waals surface area contributed by atoms with E-state index in [4.69, 9.17) is 0 Å². The van der Waals surface area contributed by atoms with Gasteiger partial charge in [0.05, 0.1) is 4.92 Å². The Hall–Kier alpha value is -1.95. The van der Waals surface area contributed by atoms with Crippen molar-refractivity contribution in [1.29, 1.82) is 0 Å². The van der Waals surface area contributed by atoms with Gasteiger partial charge in [0, 0.05) is 37.8 Å². The van der Waals surface area contributed by atoms with Gasteiger partial charge in [0.1, 0.15) is 0 Å². The van der Waals surface area contributed by atoms with Gasteiger partial charge in [0.25, 0.3) is 11.6 Å². The summed E-state index contributed by atoms with van der Waals surface area (Å²) in [6, 6.07) is 4.42. The molecule has 1 N–H and O–H groups in total. The second-order valence-corrected chi connectivity index (χ2v) is 4.14. The lowest BCUT2D eigenvalue weighted by Gasteiger charge is -2.17. The number of carbonyl (C=O) groups is 1. The van der Waals surface area contributed by atoms with Crippen LogP contribution in [0.25, 0.3) is 0 Å². The fourth-order valence-electron chi connectivity index (χ4n) is 1.59. The van der Waals surface area contributed by atoms with E-state index < -0.39 is 4.92 Å². The van der Waals surface area contributed by atoms with Gasteiger partial charge < -0.3 is 10.2 Å². The molecule has 0 saturated heterocycles. The van der Waals surface area contributed by atoms with E-state index in [1.54, 1.807) is 27.1 Å². The molecule has 0 aromatic heterocycles. The molecule has 0 heterocycles. The summed E-state index contributed by atoms with van der Waals surface area (Å²) in [7, 11) is 3.48. The summed E-state index contributed by atoms with van der Waals surface area (Å²) in [5.41, 5.74) is 0.996. The summed E-state index contributed by atoms with van der Waals surface area (Å²) in [5, 5.41) is 13.7. The van der Waals surface area contributed by atoms with Crippen LogP contribution in [0.4, 0.5) is 5.69 Å². The molecule has 6 nitrogen and oxygen atoms in total. The van der Waals surface area contributed by atoms with Gasteiger partial charge in [-0.05, 0) is 25.6 Å². The van der Waals surface area contributed by atoms with Crippen LogP contribution in [0, 0.1) is 17.0 Å². The second kappa shape index (κ2) is 6.11. The minimum Gasteiger partial charge on any atom is -0.340 e. The Labute approximate surface area is 106 Å². The van der Waals surface area contributed by atoms with Crippen molar-refractivity contribution >= 4 is 11.6 Å². The Balaban J connectivity index is 2.95. The number of likely N-dealkylation sites (N-methyl/N-ethyl adjacent to an activating group) is 2. The van der Waals surface area contributed by atoms with Crippen molar-refractivity contribution in [3.05, 3.63) is 39.4 Å². The Morgan fingerprint density at radius 1 is 1.44 bits per heavy atom. The lowest BCUT2D eigenvalue weighted by Crippen LogP contribution is -2.32. The van der Waals surface area contributed by atoms with Crippen LogP contribution in [-0.4, -0.2) is 42.9 Å². The summed E-state index contributed by atoms with van der Waals surface area (Å²) in [5.74, 6) is -0.211. The fourth-order valence-corrected chi connectivity index (χ4v) is 1.59. The maximum absolute atomic E-state index is 12.1. The number of rotatable bonds is 5. The van der Waals surface area contributed by atoms with Crippen LogP contribution >= 0.6 is 0 Å². The van der Waals surface area contributed by atoms with Gasteiger partial charge in [-0.15, -0.1) is 0 Å². The minimum atomic E-state index is -0.489. The van der Waals surface area contributed by atoms with Crippen molar-refractivity contribution < 1.29 is 9.72 Å². The molecule has 0 bridgehead atoms. The number of aryl methyl sites for hydroxylation is 1. The molecule has 0 aliphatic rings. The van der Waals surface area contributed by atoms with Crippen LogP contribution in [-0.2, 0) is 0 Å².